The van der Waals surface area contributed by atoms with Gasteiger partial charge in [-0.05, 0) is 107 Å². The molecule has 4 aliphatic carbocycles. The van der Waals surface area contributed by atoms with Gasteiger partial charge in [-0.25, -0.2) is 9.98 Å². The lowest BCUT2D eigenvalue weighted by Crippen LogP contribution is -2.41. The fraction of sp³-hybridized carbons (Fsp3) is 0.207. The Morgan fingerprint density at radius 3 is 2.30 bits per heavy atom. The van der Waals surface area contributed by atoms with Crippen LogP contribution in [0.15, 0.2) is 210 Å². The quantitative estimate of drug-likeness (QED) is 0.164. The number of benzene rings is 5. The minimum atomic E-state index is -0.311. The number of para-hydroxylation sites is 1. The molecule has 63 heavy (non-hydrogen) atoms. The maximum absolute atomic E-state index is 5.27. The van der Waals surface area contributed by atoms with Gasteiger partial charge in [-0.3, -0.25) is 0 Å². The van der Waals surface area contributed by atoms with Gasteiger partial charge in [0.1, 0.15) is 11.7 Å². The van der Waals surface area contributed by atoms with Crippen molar-refractivity contribution in [3.8, 4) is 0 Å². The van der Waals surface area contributed by atoms with E-state index in [9.17, 15) is 0 Å². The first-order chi connectivity index (χ1) is 30.9. The van der Waals surface area contributed by atoms with Crippen LogP contribution < -0.4 is 15.5 Å². The van der Waals surface area contributed by atoms with E-state index in [2.05, 4.69) is 224 Å². The van der Waals surface area contributed by atoms with Crippen LogP contribution in [0.1, 0.15) is 72.7 Å². The Morgan fingerprint density at radius 2 is 1.49 bits per heavy atom. The highest BCUT2D eigenvalue weighted by molar-refractivity contribution is 6.12. The van der Waals surface area contributed by atoms with E-state index in [0.717, 1.165) is 34.9 Å². The molecule has 2 N–H and O–H groups in total. The lowest BCUT2D eigenvalue weighted by Gasteiger charge is -2.36. The minimum Gasteiger partial charge on any atom is -0.378 e. The van der Waals surface area contributed by atoms with Gasteiger partial charge in [0, 0.05) is 39.9 Å². The SMILES string of the molecule is CC1C=CC=CC1C1C=C(c2ccc3c(c2)C2(C)CC=CC=C2N3c2ccccc2)C=CC1Nc1ccc2c(c1)C(C)C(C1=NC(c3ccccc3)N=C(c3ccccc3)N1)C=C2. The highest BCUT2D eigenvalue weighted by Gasteiger charge is 2.44. The fourth-order valence-corrected chi connectivity index (χ4v) is 10.7. The molecule has 0 bridgehead atoms. The van der Waals surface area contributed by atoms with Crippen LogP contribution in [-0.4, -0.2) is 17.7 Å². The van der Waals surface area contributed by atoms with Crippen molar-refractivity contribution in [2.45, 2.75) is 50.7 Å². The van der Waals surface area contributed by atoms with Crippen molar-refractivity contribution in [2.75, 3.05) is 10.2 Å². The Morgan fingerprint density at radius 1 is 0.714 bits per heavy atom. The van der Waals surface area contributed by atoms with Gasteiger partial charge in [0.2, 0.25) is 0 Å². The Labute approximate surface area is 372 Å². The molecule has 8 atom stereocenters. The standard InChI is InChI=1S/C58H53N5/c1-38-17-13-14-24-47(38)50-35-43(44-29-33-53-51(36-44)58(3)34-16-15-25-54(58)63(53)46-22-11-6-12-23-46)28-32-52(50)59-45-30-26-40-27-31-48(39(2)49(40)37-45)57-61-55(41-18-7-4-8-19-41)60-56(62-57)42-20-9-5-10-21-42/h4-33,35-39,47-48,50,52,55,59H,34H2,1-3H3,(H,60,61,62). The number of anilines is 3. The number of aliphatic imine (C=N–C) groups is 2. The van der Waals surface area contributed by atoms with Crippen molar-refractivity contribution in [3.63, 3.8) is 0 Å². The molecule has 0 aromatic heterocycles. The first-order valence-corrected chi connectivity index (χ1v) is 22.7. The topological polar surface area (TPSA) is 52.0 Å². The highest BCUT2D eigenvalue weighted by atomic mass is 15.2. The first-order valence-electron chi connectivity index (χ1n) is 22.7. The number of nitrogens with zero attached hydrogens (tertiary/aromatic N) is 3. The molecule has 5 heteroatoms. The first kappa shape index (κ1) is 38.9. The van der Waals surface area contributed by atoms with Crippen LogP contribution in [0, 0.1) is 23.7 Å². The zero-order chi connectivity index (χ0) is 42.5. The zero-order valence-corrected chi connectivity index (χ0v) is 36.1. The van der Waals surface area contributed by atoms with Crippen LogP contribution >= 0.6 is 0 Å². The lowest BCUT2D eigenvalue weighted by atomic mass is 9.72. The molecule has 11 rings (SSSR count). The number of hydrogen-bond acceptors (Lipinski definition) is 5. The lowest BCUT2D eigenvalue weighted by molar-refractivity contribution is 0.373. The third-order valence-corrected chi connectivity index (χ3v) is 14.2. The number of amidine groups is 2. The fourth-order valence-electron chi connectivity index (χ4n) is 10.7. The maximum Gasteiger partial charge on any atom is 0.169 e. The summed E-state index contributed by atoms with van der Waals surface area (Å²) in [4.78, 5) is 12.8. The van der Waals surface area contributed by atoms with Gasteiger partial charge in [-0.2, -0.15) is 0 Å². The molecule has 0 radical (unpaired) electrons. The van der Waals surface area contributed by atoms with Gasteiger partial charge in [0.15, 0.2) is 6.17 Å². The zero-order valence-electron chi connectivity index (χ0n) is 36.1. The summed E-state index contributed by atoms with van der Waals surface area (Å²) in [5.74, 6) is 3.06. The van der Waals surface area contributed by atoms with E-state index in [-0.39, 0.29) is 35.4 Å². The van der Waals surface area contributed by atoms with Gasteiger partial charge in [-0.1, -0.05) is 172 Å². The average Bonchev–Trinajstić information content (AvgIpc) is 3.60. The third-order valence-electron chi connectivity index (χ3n) is 14.2. The second kappa shape index (κ2) is 16.0. The van der Waals surface area contributed by atoms with Crippen LogP contribution in [-0.2, 0) is 5.41 Å². The number of rotatable bonds is 8. The van der Waals surface area contributed by atoms with Crippen LogP contribution in [0.3, 0.4) is 0 Å². The van der Waals surface area contributed by atoms with E-state index in [1.165, 1.54) is 44.9 Å². The Kier molecular flexibility index (Phi) is 9.91. The summed E-state index contributed by atoms with van der Waals surface area (Å²) in [7, 11) is 0. The summed E-state index contributed by atoms with van der Waals surface area (Å²) >= 11 is 0. The van der Waals surface area contributed by atoms with Crippen molar-refractivity contribution < 1.29 is 0 Å². The Balaban J connectivity index is 0.890. The summed E-state index contributed by atoms with van der Waals surface area (Å²) in [6, 6.07) is 45.8. The molecule has 2 heterocycles. The monoisotopic (exact) mass is 819 g/mol. The van der Waals surface area contributed by atoms with E-state index in [4.69, 9.17) is 9.98 Å². The molecule has 310 valence electrons. The second-order valence-corrected chi connectivity index (χ2v) is 18.1. The van der Waals surface area contributed by atoms with Crippen LogP contribution in [0.2, 0.25) is 0 Å². The largest absolute Gasteiger partial charge is 0.378 e. The molecular formula is C58H53N5. The summed E-state index contributed by atoms with van der Waals surface area (Å²) in [5.41, 5.74) is 13.5. The van der Waals surface area contributed by atoms with Crippen molar-refractivity contribution >= 4 is 40.4 Å². The van der Waals surface area contributed by atoms with Crippen LogP contribution in [0.25, 0.3) is 11.6 Å². The summed E-state index contributed by atoms with van der Waals surface area (Å²) in [6.45, 7) is 7.11. The molecule has 0 fully saturated rings. The van der Waals surface area contributed by atoms with E-state index < -0.39 is 0 Å². The van der Waals surface area contributed by atoms with Crippen LogP contribution in [0.5, 0.6) is 0 Å². The molecule has 0 amide bonds. The molecule has 6 aliphatic rings. The van der Waals surface area contributed by atoms with Gasteiger partial charge in [0.05, 0.1) is 11.7 Å². The number of hydrogen-bond donors (Lipinski definition) is 2. The molecular weight excluding hydrogens is 767 g/mol. The summed E-state index contributed by atoms with van der Waals surface area (Å²) in [6.07, 6.45) is 28.6. The van der Waals surface area contributed by atoms with Crippen molar-refractivity contribution in [2.24, 2.45) is 33.7 Å². The van der Waals surface area contributed by atoms with Crippen molar-refractivity contribution in [3.05, 3.63) is 233 Å². The second-order valence-electron chi connectivity index (χ2n) is 18.1. The van der Waals surface area contributed by atoms with Gasteiger partial charge >= 0.3 is 0 Å². The predicted molar refractivity (Wildman–Crippen MR) is 263 cm³/mol. The van der Waals surface area contributed by atoms with Crippen molar-refractivity contribution in [1.82, 2.24) is 5.32 Å². The van der Waals surface area contributed by atoms with E-state index in [1.54, 1.807) is 0 Å². The molecule has 5 aromatic rings. The third kappa shape index (κ3) is 7.06. The molecule has 0 saturated heterocycles. The van der Waals surface area contributed by atoms with Gasteiger partial charge in [-0.15, -0.1) is 0 Å². The Hall–Kier alpha value is -6.98. The smallest absolute Gasteiger partial charge is 0.169 e. The van der Waals surface area contributed by atoms with Crippen molar-refractivity contribution in [1.29, 1.82) is 0 Å². The maximum atomic E-state index is 5.27. The van der Waals surface area contributed by atoms with Gasteiger partial charge in [0.25, 0.3) is 0 Å². The molecule has 5 aromatic carbocycles. The normalized spacial score (nSPS) is 27.6. The average molecular weight is 820 g/mol. The van der Waals surface area contributed by atoms with E-state index >= 15 is 0 Å². The van der Waals surface area contributed by atoms with Crippen LogP contribution in [0.4, 0.5) is 17.1 Å². The van der Waals surface area contributed by atoms with E-state index in [1.807, 2.05) is 12.1 Å². The molecule has 8 unspecified atom stereocenters. The molecule has 0 saturated carbocycles. The Bertz CT molecular complexity index is 2840. The number of fused-ring (bicyclic) bond motifs is 4. The highest BCUT2D eigenvalue weighted by Crippen LogP contribution is 2.55. The predicted octanol–water partition coefficient (Wildman–Crippen LogP) is 13.3. The molecule has 2 aliphatic heterocycles. The number of allylic oxidation sites excluding steroid dienone is 10. The molecule has 0 spiro atoms. The summed E-state index contributed by atoms with van der Waals surface area (Å²) < 4.78 is 0. The van der Waals surface area contributed by atoms with Gasteiger partial charge < -0.3 is 15.5 Å². The number of nitrogens with one attached hydrogen (secondary N) is 2. The van der Waals surface area contributed by atoms with E-state index in [0.29, 0.717) is 11.8 Å². The molecule has 5 nitrogen and oxygen atoms in total. The summed E-state index contributed by atoms with van der Waals surface area (Å²) in [5, 5.41) is 7.73. The minimum absolute atomic E-state index is 0.0616.